The average molecular weight is 468 g/mol. The molecular formula is C28H33N7. The van der Waals surface area contributed by atoms with Gasteiger partial charge in [-0.2, -0.15) is 5.26 Å². The molecule has 1 aromatic carbocycles. The monoisotopic (exact) mass is 467 g/mol. The summed E-state index contributed by atoms with van der Waals surface area (Å²) in [5.74, 6) is 1.65. The second-order valence-electron chi connectivity index (χ2n) is 10.2. The van der Waals surface area contributed by atoms with Gasteiger partial charge in [0.15, 0.2) is 0 Å². The van der Waals surface area contributed by atoms with E-state index < -0.39 is 0 Å². The Morgan fingerprint density at radius 2 is 1.89 bits per heavy atom. The third kappa shape index (κ3) is 4.22. The minimum absolute atomic E-state index is 0.491. The number of anilines is 2. The summed E-state index contributed by atoms with van der Waals surface area (Å²) in [4.78, 5) is 17.0. The Kier molecular flexibility index (Phi) is 6.01. The van der Waals surface area contributed by atoms with E-state index in [2.05, 4.69) is 68.5 Å². The topological polar surface area (TPSA) is 71.3 Å². The van der Waals surface area contributed by atoms with Gasteiger partial charge >= 0.3 is 0 Å². The molecule has 2 aromatic heterocycles. The molecule has 3 saturated heterocycles. The molecule has 3 aliphatic heterocycles. The summed E-state index contributed by atoms with van der Waals surface area (Å²) < 4.78 is 0. The van der Waals surface area contributed by atoms with E-state index in [1.807, 2.05) is 12.1 Å². The van der Waals surface area contributed by atoms with Crippen LogP contribution in [0.2, 0.25) is 0 Å². The number of fused-ring (bicyclic) bond motifs is 2. The predicted octanol–water partition coefficient (Wildman–Crippen LogP) is 3.37. The molecule has 0 amide bonds. The van der Waals surface area contributed by atoms with E-state index in [4.69, 9.17) is 4.98 Å². The molecule has 0 radical (unpaired) electrons. The molecule has 180 valence electrons. The minimum Gasteiger partial charge on any atom is -0.368 e. The largest absolute Gasteiger partial charge is 0.368 e. The molecule has 6 rings (SSSR count). The van der Waals surface area contributed by atoms with Crippen LogP contribution in [0.15, 0.2) is 48.8 Å². The number of nitrogens with zero attached hydrogens (tertiary/aromatic N) is 6. The second kappa shape index (κ2) is 9.44. The molecule has 35 heavy (non-hydrogen) atoms. The fraction of sp³-hybridized carbons (Fsp3) is 0.464. The van der Waals surface area contributed by atoms with Crippen molar-refractivity contribution in [1.29, 1.82) is 5.26 Å². The third-order valence-electron chi connectivity index (χ3n) is 8.13. The zero-order valence-corrected chi connectivity index (χ0v) is 20.4. The summed E-state index contributed by atoms with van der Waals surface area (Å²) in [5, 5.41) is 14.0. The zero-order valence-electron chi connectivity index (χ0n) is 20.4. The molecule has 0 bridgehead atoms. The number of rotatable bonds is 3. The summed E-state index contributed by atoms with van der Waals surface area (Å²) >= 11 is 0. The van der Waals surface area contributed by atoms with Gasteiger partial charge in [0.2, 0.25) is 0 Å². The molecule has 0 saturated carbocycles. The number of nitrogens with one attached hydrogen (secondary N) is 1. The number of hydrogen-bond acceptors (Lipinski definition) is 7. The first-order chi connectivity index (χ1) is 17.2. The van der Waals surface area contributed by atoms with Crippen LogP contribution in [0.1, 0.15) is 36.8 Å². The Labute approximate surface area is 207 Å². The van der Waals surface area contributed by atoms with Gasteiger partial charge < -0.3 is 15.1 Å². The van der Waals surface area contributed by atoms with E-state index in [0.29, 0.717) is 23.6 Å². The summed E-state index contributed by atoms with van der Waals surface area (Å²) in [6.07, 6.45) is 6.25. The fourth-order valence-electron chi connectivity index (χ4n) is 6.32. The first kappa shape index (κ1) is 22.3. The molecular weight excluding hydrogens is 434 g/mol. The van der Waals surface area contributed by atoms with E-state index in [9.17, 15) is 5.26 Å². The first-order valence-electron chi connectivity index (χ1n) is 12.9. The number of piperidine rings is 1. The van der Waals surface area contributed by atoms with Crippen molar-refractivity contribution in [3.05, 3.63) is 59.9 Å². The Hall–Kier alpha value is -3.21. The lowest BCUT2D eigenvalue weighted by Crippen LogP contribution is -2.60. The van der Waals surface area contributed by atoms with E-state index in [-0.39, 0.29) is 0 Å². The van der Waals surface area contributed by atoms with Crippen molar-refractivity contribution in [2.75, 3.05) is 55.6 Å². The lowest BCUT2D eigenvalue weighted by molar-refractivity contribution is 0.0765. The fourth-order valence-corrected chi connectivity index (χ4v) is 6.32. The molecule has 0 spiro atoms. The number of piperazine rings is 2. The second-order valence-corrected chi connectivity index (χ2v) is 10.2. The summed E-state index contributed by atoms with van der Waals surface area (Å²) in [6.45, 7) is 9.61. The normalized spacial score (nSPS) is 25.3. The minimum atomic E-state index is 0.491. The molecule has 7 nitrogen and oxygen atoms in total. The molecule has 1 N–H and O–H groups in total. The number of pyridine rings is 2. The number of hydrogen-bond donors (Lipinski definition) is 1. The van der Waals surface area contributed by atoms with Crippen LogP contribution in [0.5, 0.6) is 0 Å². The predicted molar refractivity (Wildman–Crippen MR) is 140 cm³/mol. The molecule has 3 aliphatic rings. The molecule has 0 aliphatic carbocycles. The van der Waals surface area contributed by atoms with Gasteiger partial charge in [-0.05, 0) is 68.1 Å². The van der Waals surface area contributed by atoms with Gasteiger partial charge in [0.25, 0.3) is 0 Å². The standard InChI is InChI=1S/C28H33N7/c1-20-18-34(26-6-4-22(16-29)28-25(26)3-2-9-31-28)19-24-15-21(8-12-35(20)24)23-5-7-27(32-17-23)33-13-10-30-11-14-33/h2-7,9,17,20-21,24,30H,8,10-15,18-19H2,1H3/t20-,21-,24+/m1/s1. The first-order valence-corrected chi connectivity index (χ1v) is 12.9. The number of benzene rings is 1. The van der Waals surface area contributed by atoms with Crippen LogP contribution in [0.25, 0.3) is 10.9 Å². The molecule has 0 unspecified atom stereocenters. The van der Waals surface area contributed by atoms with Gasteiger partial charge in [-0.3, -0.25) is 9.88 Å². The van der Waals surface area contributed by atoms with Crippen molar-refractivity contribution in [2.24, 2.45) is 0 Å². The number of aromatic nitrogens is 2. The van der Waals surface area contributed by atoms with E-state index in [1.165, 1.54) is 17.7 Å². The molecule has 7 heteroatoms. The van der Waals surface area contributed by atoms with Crippen molar-refractivity contribution in [3.63, 3.8) is 0 Å². The quantitative estimate of drug-likeness (QED) is 0.633. The maximum Gasteiger partial charge on any atom is 0.128 e. The van der Waals surface area contributed by atoms with Crippen LogP contribution < -0.4 is 15.1 Å². The van der Waals surface area contributed by atoms with Crippen molar-refractivity contribution in [2.45, 2.75) is 37.8 Å². The zero-order chi connectivity index (χ0) is 23.8. The number of nitriles is 1. The average Bonchev–Trinajstić information content (AvgIpc) is 2.92. The lowest BCUT2D eigenvalue weighted by Gasteiger charge is -2.50. The van der Waals surface area contributed by atoms with Gasteiger partial charge in [0, 0.05) is 74.8 Å². The van der Waals surface area contributed by atoms with Crippen LogP contribution >= 0.6 is 0 Å². The Morgan fingerprint density at radius 3 is 2.69 bits per heavy atom. The van der Waals surface area contributed by atoms with Gasteiger partial charge in [-0.1, -0.05) is 6.07 Å². The summed E-state index contributed by atoms with van der Waals surface area (Å²) in [5.41, 5.74) is 4.02. The molecule has 3 fully saturated rings. The van der Waals surface area contributed by atoms with Crippen molar-refractivity contribution < 1.29 is 0 Å². The molecule has 3 atom stereocenters. The maximum absolute atomic E-state index is 9.54. The van der Waals surface area contributed by atoms with Crippen molar-refractivity contribution in [3.8, 4) is 6.07 Å². The van der Waals surface area contributed by atoms with Gasteiger partial charge in [-0.25, -0.2) is 4.98 Å². The molecule has 3 aromatic rings. The summed E-state index contributed by atoms with van der Waals surface area (Å²) in [7, 11) is 0. The van der Waals surface area contributed by atoms with Crippen LogP contribution in [0, 0.1) is 11.3 Å². The Balaban J connectivity index is 1.21. The van der Waals surface area contributed by atoms with Gasteiger partial charge in [0.1, 0.15) is 11.9 Å². The highest BCUT2D eigenvalue weighted by atomic mass is 15.3. The highest BCUT2D eigenvalue weighted by molar-refractivity contribution is 5.95. The van der Waals surface area contributed by atoms with Crippen LogP contribution in [-0.2, 0) is 0 Å². The third-order valence-corrected chi connectivity index (χ3v) is 8.13. The van der Waals surface area contributed by atoms with E-state index in [1.54, 1.807) is 6.20 Å². The van der Waals surface area contributed by atoms with E-state index >= 15 is 0 Å². The molecule has 5 heterocycles. The highest BCUT2D eigenvalue weighted by Crippen LogP contribution is 2.37. The van der Waals surface area contributed by atoms with Gasteiger partial charge in [0.05, 0.1) is 11.1 Å². The van der Waals surface area contributed by atoms with Crippen molar-refractivity contribution in [1.82, 2.24) is 20.2 Å². The van der Waals surface area contributed by atoms with E-state index in [0.717, 1.165) is 69.0 Å². The Bertz CT molecular complexity index is 1230. The smallest absolute Gasteiger partial charge is 0.128 e. The maximum atomic E-state index is 9.54. The highest BCUT2D eigenvalue weighted by Gasteiger charge is 2.37. The van der Waals surface area contributed by atoms with Crippen LogP contribution in [0.4, 0.5) is 11.5 Å². The Morgan fingerprint density at radius 1 is 1.00 bits per heavy atom. The van der Waals surface area contributed by atoms with Crippen LogP contribution in [0.3, 0.4) is 0 Å². The van der Waals surface area contributed by atoms with Crippen molar-refractivity contribution >= 4 is 22.4 Å². The van der Waals surface area contributed by atoms with Gasteiger partial charge in [-0.15, -0.1) is 0 Å². The lowest BCUT2D eigenvalue weighted by atomic mass is 9.83. The SMILES string of the molecule is C[C@@H]1CN(c2ccc(C#N)c3ncccc23)C[C@@H]2C[C@H](c3ccc(N4CCNCC4)nc3)CCN21. The van der Waals surface area contributed by atoms with Crippen LogP contribution in [-0.4, -0.2) is 72.8 Å². The summed E-state index contributed by atoms with van der Waals surface area (Å²) in [6, 6.07) is 16.0.